The van der Waals surface area contributed by atoms with Crippen molar-refractivity contribution < 1.29 is 14.3 Å². The zero-order valence-electron chi connectivity index (χ0n) is 28.5. The number of likely N-dealkylation sites (N-methyl/N-ethyl adjacent to an activating group) is 1. The first-order valence-corrected chi connectivity index (χ1v) is 16.5. The molecule has 1 aromatic carbocycles. The van der Waals surface area contributed by atoms with Crippen LogP contribution in [0.15, 0.2) is 16.9 Å². The van der Waals surface area contributed by atoms with Crippen molar-refractivity contribution in [3.63, 3.8) is 0 Å². The van der Waals surface area contributed by atoms with Gasteiger partial charge in [0.15, 0.2) is 0 Å². The molecule has 2 aliphatic rings. The van der Waals surface area contributed by atoms with E-state index in [-0.39, 0.29) is 18.0 Å². The van der Waals surface area contributed by atoms with E-state index in [9.17, 15) is 9.59 Å². The van der Waals surface area contributed by atoms with E-state index < -0.39 is 0 Å². The Morgan fingerprint density at radius 3 is 2.42 bits per heavy atom. The van der Waals surface area contributed by atoms with Gasteiger partial charge < -0.3 is 29.6 Å². The van der Waals surface area contributed by atoms with Crippen LogP contribution in [-0.2, 0) is 16.0 Å². The normalized spacial score (nSPS) is 18.8. The average Bonchev–Trinajstić information content (AvgIpc) is 3.02. The van der Waals surface area contributed by atoms with Gasteiger partial charge in [0.05, 0.1) is 26.4 Å². The predicted octanol–water partition coefficient (Wildman–Crippen LogP) is 3.94. The highest BCUT2D eigenvalue weighted by molar-refractivity contribution is 5.99. The van der Waals surface area contributed by atoms with Gasteiger partial charge in [0.25, 0.3) is 11.5 Å². The van der Waals surface area contributed by atoms with Gasteiger partial charge in [-0.3, -0.25) is 14.5 Å². The molecule has 1 saturated carbocycles. The van der Waals surface area contributed by atoms with Crippen molar-refractivity contribution in [3.05, 3.63) is 61.6 Å². The number of pyridine rings is 1. The lowest BCUT2D eigenvalue weighted by atomic mass is 9.87. The Hall–Kier alpha value is -3.16. The summed E-state index contributed by atoms with van der Waals surface area (Å²) in [6.07, 6.45) is 4.46. The molecule has 2 fully saturated rings. The van der Waals surface area contributed by atoms with Crippen LogP contribution in [0.1, 0.15) is 76.5 Å². The molecule has 1 saturated heterocycles. The largest absolute Gasteiger partial charge is 0.383 e. The number of methoxy groups -OCH3 is 1. The zero-order chi connectivity index (χ0) is 32.5. The number of aryl methyl sites for hydroxylation is 2. The molecule has 2 aromatic rings. The maximum Gasteiger partial charge on any atom is 0.253 e. The van der Waals surface area contributed by atoms with Gasteiger partial charge in [-0.2, -0.15) is 0 Å². The summed E-state index contributed by atoms with van der Waals surface area (Å²) in [5.41, 5.74) is 6.53. The van der Waals surface area contributed by atoms with Gasteiger partial charge in [0.2, 0.25) is 0 Å². The molecular weight excluding hydrogens is 566 g/mol. The fourth-order valence-electron chi connectivity index (χ4n) is 6.88. The summed E-state index contributed by atoms with van der Waals surface area (Å²) in [5.74, 6) is 6.64. The van der Waals surface area contributed by atoms with Gasteiger partial charge in [0.1, 0.15) is 0 Å². The van der Waals surface area contributed by atoms with Crippen LogP contribution in [0.2, 0.25) is 0 Å². The van der Waals surface area contributed by atoms with E-state index >= 15 is 0 Å². The highest BCUT2D eigenvalue weighted by atomic mass is 16.5. The lowest BCUT2D eigenvalue weighted by Crippen LogP contribution is -2.44. The van der Waals surface area contributed by atoms with Crippen molar-refractivity contribution in [2.45, 2.75) is 78.9 Å². The van der Waals surface area contributed by atoms with Crippen LogP contribution in [0.3, 0.4) is 0 Å². The van der Waals surface area contributed by atoms with Crippen molar-refractivity contribution in [1.29, 1.82) is 0 Å². The maximum absolute atomic E-state index is 13.9. The smallest absolute Gasteiger partial charge is 0.253 e. The molecule has 2 heterocycles. The number of amides is 1. The molecule has 1 aliphatic heterocycles. The van der Waals surface area contributed by atoms with Crippen LogP contribution in [0.4, 0.5) is 5.69 Å². The first kappa shape index (κ1) is 34.7. The number of hydrogen-bond donors (Lipinski definition) is 2. The first-order valence-electron chi connectivity index (χ1n) is 16.5. The zero-order valence-corrected chi connectivity index (χ0v) is 28.5. The van der Waals surface area contributed by atoms with E-state index in [2.05, 4.69) is 63.8 Å². The van der Waals surface area contributed by atoms with Crippen LogP contribution >= 0.6 is 0 Å². The van der Waals surface area contributed by atoms with Crippen molar-refractivity contribution >= 4 is 11.6 Å². The number of benzene rings is 1. The van der Waals surface area contributed by atoms with E-state index in [4.69, 9.17) is 9.47 Å². The Morgan fingerprint density at radius 2 is 1.78 bits per heavy atom. The molecule has 1 aliphatic carbocycles. The van der Waals surface area contributed by atoms with Gasteiger partial charge in [-0.25, -0.2) is 0 Å². The summed E-state index contributed by atoms with van der Waals surface area (Å²) in [4.78, 5) is 36.7. The molecule has 9 heteroatoms. The standard InChI is InChI=1S/C36H53N5O4/c1-8-41(31-13-11-30(12-14-31)39(6)16-19-44-7)33-23-29(10-9-15-40-17-20-45-21-18-40)27(4)34(28(33)5)36(43)37-24-32-25(2)22-26(3)38-35(32)42/h22-23,30-31H,8,11-21,24H2,1-7H3,(H,37,43)(H,38,42). The predicted molar refractivity (Wildman–Crippen MR) is 181 cm³/mol. The summed E-state index contributed by atoms with van der Waals surface area (Å²) in [7, 11) is 3.96. The number of hydrogen-bond acceptors (Lipinski definition) is 7. The minimum atomic E-state index is -0.179. The molecule has 1 aromatic heterocycles. The third kappa shape index (κ3) is 8.76. The molecule has 1 amide bonds. The van der Waals surface area contributed by atoms with Crippen LogP contribution in [-0.4, -0.2) is 99.5 Å². The molecule has 4 rings (SSSR count). The number of rotatable bonds is 11. The Labute approximate surface area is 269 Å². The number of carbonyl (C=O) groups is 1. The quantitative estimate of drug-likeness (QED) is 0.369. The molecular formula is C36H53N5O4. The first-order chi connectivity index (χ1) is 21.6. The van der Waals surface area contributed by atoms with Crippen molar-refractivity contribution in [1.82, 2.24) is 20.1 Å². The molecule has 9 nitrogen and oxygen atoms in total. The highest BCUT2D eigenvalue weighted by Crippen LogP contribution is 2.34. The number of H-pyrrole nitrogens is 1. The van der Waals surface area contributed by atoms with Gasteiger partial charge in [0, 0.05) is 80.0 Å². The van der Waals surface area contributed by atoms with Crippen molar-refractivity contribution in [3.8, 4) is 11.8 Å². The highest BCUT2D eigenvalue weighted by Gasteiger charge is 2.30. The number of nitrogens with one attached hydrogen (secondary N) is 2. The van der Waals surface area contributed by atoms with Crippen LogP contribution in [0, 0.1) is 39.5 Å². The van der Waals surface area contributed by atoms with Crippen molar-refractivity contribution in [2.24, 2.45) is 0 Å². The van der Waals surface area contributed by atoms with E-state index in [1.165, 1.54) is 0 Å². The Morgan fingerprint density at radius 1 is 1.09 bits per heavy atom. The average molecular weight is 620 g/mol. The third-order valence-corrected chi connectivity index (χ3v) is 9.62. The molecule has 0 unspecified atom stereocenters. The third-order valence-electron chi connectivity index (χ3n) is 9.62. The second kappa shape index (κ2) is 16.4. The van der Waals surface area contributed by atoms with Gasteiger partial charge >= 0.3 is 0 Å². The molecule has 0 radical (unpaired) electrons. The summed E-state index contributed by atoms with van der Waals surface area (Å²) in [6, 6.07) is 5.08. The number of anilines is 1. The molecule has 0 bridgehead atoms. The van der Waals surface area contributed by atoms with Crippen LogP contribution in [0.25, 0.3) is 0 Å². The number of nitrogens with zero attached hydrogens (tertiary/aromatic N) is 3. The van der Waals surface area contributed by atoms with Gasteiger partial charge in [-0.1, -0.05) is 11.8 Å². The summed E-state index contributed by atoms with van der Waals surface area (Å²) in [5, 5.41) is 3.07. The molecule has 0 spiro atoms. The lowest BCUT2D eigenvalue weighted by Gasteiger charge is -2.41. The Balaban J connectivity index is 1.63. The summed E-state index contributed by atoms with van der Waals surface area (Å²) < 4.78 is 10.8. The Bertz CT molecular complexity index is 1430. The number of aromatic amines is 1. The van der Waals surface area contributed by atoms with Crippen molar-refractivity contribution in [2.75, 3.05) is 71.6 Å². The van der Waals surface area contributed by atoms with Crippen LogP contribution < -0.4 is 15.8 Å². The Kier molecular flexibility index (Phi) is 12.7. The topological polar surface area (TPSA) is 90.1 Å². The molecule has 0 atom stereocenters. The van der Waals surface area contributed by atoms with Gasteiger partial charge in [-0.05, 0) is 96.2 Å². The summed E-state index contributed by atoms with van der Waals surface area (Å²) in [6.45, 7) is 16.6. The fourth-order valence-corrected chi connectivity index (χ4v) is 6.88. The van der Waals surface area contributed by atoms with Crippen LogP contribution in [0.5, 0.6) is 0 Å². The minimum absolute atomic E-state index is 0.162. The van der Waals surface area contributed by atoms with E-state index in [1.807, 2.05) is 26.8 Å². The van der Waals surface area contributed by atoms with Gasteiger partial charge in [-0.15, -0.1) is 0 Å². The van der Waals surface area contributed by atoms with E-state index in [1.54, 1.807) is 7.11 Å². The minimum Gasteiger partial charge on any atom is -0.383 e. The molecule has 246 valence electrons. The second-order valence-electron chi connectivity index (χ2n) is 12.6. The monoisotopic (exact) mass is 619 g/mol. The van der Waals surface area contributed by atoms with E-state index in [0.717, 1.165) is 105 Å². The number of morpholine rings is 1. The maximum atomic E-state index is 13.9. The second-order valence-corrected chi connectivity index (χ2v) is 12.6. The molecule has 2 N–H and O–H groups in total. The molecule has 45 heavy (non-hydrogen) atoms. The number of carbonyl (C=O) groups excluding carboxylic acids is 1. The lowest BCUT2D eigenvalue weighted by molar-refractivity contribution is 0.0443. The number of aromatic nitrogens is 1. The fraction of sp³-hybridized carbons (Fsp3) is 0.611. The summed E-state index contributed by atoms with van der Waals surface area (Å²) >= 11 is 0. The number of ether oxygens (including phenoxy) is 2. The SMILES string of the molecule is CCN(c1cc(C#CCN2CCOCC2)c(C)c(C(=O)NCc2c(C)cc(C)[nH]c2=O)c1C)C1CCC(N(C)CCOC)CC1. The van der Waals surface area contributed by atoms with E-state index in [0.29, 0.717) is 29.8 Å².